The summed E-state index contributed by atoms with van der Waals surface area (Å²) in [6.07, 6.45) is 4.28. The summed E-state index contributed by atoms with van der Waals surface area (Å²) in [4.78, 5) is 4.64. The van der Waals surface area contributed by atoms with Crippen molar-refractivity contribution in [2.75, 3.05) is 19.3 Å². The van der Waals surface area contributed by atoms with Gasteiger partial charge < -0.3 is 12.6 Å². The van der Waals surface area contributed by atoms with E-state index < -0.39 is 10.0 Å². The molecule has 1 aromatic rings. The van der Waals surface area contributed by atoms with Crippen LogP contribution < -0.4 is 51.4 Å². The first-order chi connectivity index (χ1) is 9.38. The minimum absolute atomic E-state index is 0. The van der Waals surface area contributed by atoms with Crippen LogP contribution in [0, 0.1) is 17.8 Å². The Kier molecular flexibility index (Phi) is 8.09. The van der Waals surface area contributed by atoms with Crippen LogP contribution in [0.1, 0.15) is 18.5 Å². The fraction of sp³-hybridized carbons (Fsp3) is 0.462. The maximum Gasteiger partial charge on any atom is 1.00 e. The van der Waals surface area contributed by atoms with Gasteiger partial charge in [0.2, 0.25) is 10.0 Å². The van der Waals surface area contributed by atoms with Gasteiger partial charge in [0.15, 0.2) is 0 Å². The van der Waals surface area contributed by atoms with Gasteiger partial charge in [-0.05, 0) is 18.8 Å². The van der Waals surface area contributed by atoms with Crippen molar-refractivity contribution in [1.29, 1.82) is 0 Å². The molecule has 8 heteroatoms. The van der Waals surface area contributed by atoms with Crippen LogP contribution in [0.3, 0.4) is 0 Å². The van der Waals surface area contributed by atoms with Crippen molar-refractivity contribution in [2.45, 2.75) is 17.7 Å². The molecule has 0 radical (unpaired) electrons. The van der Waals surface area contributed by atoms with E-state index in [0.29, 0.717) is 28.7 Å². The van der Waals surface area contributed by atoms with Crippen LogP contribution in [0.4, 0.5) is 0 Å². The molecule has 1 saturated heterocycles. The summed E-state index contributed by atoms with van der Waals surface area (Å²) in [6.45, 7) is 1.03. The van der Waals surface area contributed by atoms with Gasteiger partial charge in [-0.15, -0.1) is 0 Å². The van der Waals surface area contributed by atoms with Gasteiger partial charge in [-0.2, -0.15) is 4.90 Å². The van der Waals surface area contributed by atoms with E-state index in [1.807, 2.05) is 0 Å². The van der Waals surface area contributed by atoms with E-state index >= 15 is 0 Å². The van der Waals surface area contributed by atoms with Crippen LogP contribution in [0.15, 0.2) is 17.2 Å². The van der Waals surface area contributed by atoms with Crippen LogP contribution in [0.2, 0.25) is 5.02 Å². The van der Waals surface area contributed by atoms with Crippen molar-refractivity contribution in [3.63, 3.8) is 0 Å². The van der Waals surface area contributed by atoms with Crippen molar-refractivity contribution >= 4 is 34.3 Å². The van der Waals surface area contributed by atoms with E-state index in [2.05, 4.69) is 16.8 Å². The number of nitrogens with zero attached hydrogens (tertiary/aromatic N) is 2. The summed E-state index contributed by atoms with van der Waals surface area (Å²) >= 11 is 11.1. The summed E-state index contributed by atoms with van der Waals surface area (Å²) in [5, 5.41) is 0.406. The van der Waals surface area contributed by atoms with Gasteiger partial charge in [-0.3, -0.25) is 0 Å². The molecule has 108 valence electrons. The largest absolute Gasteiger partial charge is 1.00 e. The number of aromatic nitrogens is 1. The van der Waals surface area contributed by atoms with Crippen LogP contribution >= 0.6 is 11.6 Å². The van der Waals surface area contributed by atoms with Crippen molar-refractivity contribution in [3.05, 3.63) is 23.0 Å². The maximum absolute atomic E-state index is 11.4. The second kappa shape index (κ2) is 8.57. The molecule has 1 aromatic heterocycles. The quantitative estimate of drug-likeness (QED) is 0.350. The number of halogens is 1. The van der Waals surface area contributed by atoms with Crippen LogP contribution in [0.5, 0.6) is 0 Å². The average Bonchev–Trinajstić information content (AvgIpc) is 2.40. The van der Waals surface area contributed by atoms with E-state index in [-0.39, 0.29) is 57.3 Å². The van der Waals surface area contributed by atoms with E-state index in [0.717, 1.165) is 12.8 Å². The zero-order valence-electron chi connectivity index (χ0n) is 12.0. The smallest absolute Gasteiger partial charge is 0.778 e. The first-order valence-corrected chi connectivity index (χ1v) is 8.79. The summed E-state index contributed by atoms with van der Waals surface area (Å²) in [5.74, 6) is 6.23. The van der Waals surface area contributed by atoms with E-state index in [9.17, 15) is 8.42 Å². The third kappa shape index (κ3) is 5.72. The Morgan fingerprint density at radius 3 is 2.62 bits per heavy atom. The molecule has 0 spiro atoms. The van der Waals surface area contributed by atoms with Gasteiger partial charge >= 0.3 is 51.4 Å². The van der Waals surface area contributed by atoms with Crippen molar-refractivity contribution in [1.82, 2.24) is 9.29 Å². The topological polar surface area (TPSA) is 50.3 Å². The molecule has 4 nitrogen and oxygen atoms in total. The Bertz CT molecular complexity index is 662. The maximum atomic E-state index is 11.4. The van der Waals surface area contributed by atoms with Crippen molar-refractivity contribution < 1.29 is 59.8 Å². The Balaban J connectivity index is 0.00000220. The predicted molar refractivity (Wildman–Crippen MR) is 80.9 cm³/mol. The summed E-state index contributed by atoms with van der Waals surface area (Å²) in [5.41, 5.74) is 0.490. The molecule has 0 aliphatic carbocycles. The zero-order valence-corrected chi connectivity index (χ0v) is 17.5. The molecule has 0 amide bonds. The second-order valence-electron chi connectivity index (χ2n) is 4.68. The minimum Gasteiger partial charge on any atom is -0.778 e. The minimum atomic E-state index is -3.09. The van der Waals surface area contributed by atoms with E-state index in [1.54, 1.807) is 12.3 Å². The normalized spacial score (nSPS) is 16.7. The molecule has 2 rings (SSSR count). The fourth-order valence-corrected chi connectivity index (χ4v) is 3.21. The SMILES string of the molecule is CS(=O)(=O)N1CCC(C#Cc2nccc([S-])c2Cl)CC1.[K+]. The molecule has 1 aliphatic rings. The Hall–Kier alpha value is 0.766. The molecular weight excluding hydrogens is 355 g/mol. The molecule has 1 fully saturated rings. The van der Waals surface area contributed by atoms with Gasteiger partial charge in [0.25, 0.3) is 0 Å². The van der Waals surface area contributed by atoms with Crippen molar-refractivity contribution in [3.8, 4) is 11.8 Å². The predicted octanol–water partition coefficient (Wildman–Crippen LogP) is -1.33. The third-order valence-electron chi connectivity index (χ3n) is 3.17. The number of hydrogen-bond donors (Lipinski definition) is 0. The van der Waals surface area contributed by atoms with Gasteiger partial charge in [-0.25, -0.2) is 17.7 Å². The Labute approximate surface area is 178 Å². The zero-order chi connectivity index (χ0) is 14.8. The van der Waals surface area contributed by atoms with Gasteiger partial charge in [0.1, 0.15) is 5.69 Å². The molecule has 0 unspecified atom stereocenters. The molecule has 21 heavy (non-hydrogen) atoms. The summed E-state index contributed by atoms with van der Waals surface area (Å²) in [6, 6.07) is 1.66. The van der Waals surface area contributed by atoms with Crippen LogP contribution in [0.25, 0.3) is 0 Å². The van der Waals surface area contributed by atoms with Gasteiger partial charge in [0.05, 0.1) is 11.3 Å². The van der Waals surface area contributed by atoms with Crippen LogP contribution in [-0.4, -0.2) is 37.1 Å². The Morgan fingerprint density at radius 1 is 1.43 bits per heavy atom. The fourth-order valence-electron chi connectivity index (χ4n) is 2.02. The molecule has 1 aliphatic heterocycles. The first-order valence-electron chi connectivity index (χ1n) is 6.16. The number of sulfonamides is 1. The summed E-state index contributed by atoms with van der Waals surface area (Å²) < 4.78 is 24.3. The third-order valence-corrected chi connectivity index (χ3v) is 5.31. The molecule has 0 aromatic carbocycles. The van der Waals surface area contributed by atoms with E-state index in [4.69, 9.17) is 24.2 Å². The Morgan fingerprint density at radius 2 is 2.05 bits per heavy atom. The van der Waals surface area contributed by atoms with E-state index in [1.165, 1.54) is 10.6 Å². The second-order valence-corrected chi connectivity index (χ2v) is 7.48. The first kappa shape index (κ1) is 19.8. The molecule has 0 saturated carbocycles. The number of rotatable bonds is 1. The standard InChI is InChI=1S/C13H15ClN2O2S2.K/c1-20(17,18)16-8-5-10(6-9-16)2-3-11-13(14)12(19)4-7-15-11;/h4,7,10H,5-6,8-9H2,1H3,(H,15,19);/q;+1/p-1. The molecule has 2 heterocycles. The number of pyridine rings is 1. The summed E-state index contributed by atoms with van der Waals surface area (Å²) in [7, 11) is -3.09. The van der Waals surface area contributed by atoms with Crippen LogP contribution in [-0.2, 0) is 22.7 Å². The molecule has 0 bridgehead atoms. The van der Waals surface area contributed by atoms with Crippen molar-refractivity contribution in [2.24, 2.45) is 5.92 Å². The van der Waals surface area contributed by atoms with Gasteiger partial charge in [-0.1, -0.05) is 23.6 Å². The molecule has 0 N–H and O–H groups in total. The average molecular weight is 369 g/mol. The monoisotopic (exact) mass is 368 g/mol. The molecular formula is C13H14ClKN2O2S2. The molecule has 0 atom stereocenters. The number of hydrogen-bond acceptors (Lipinski definition) is 4. The number of piperidine rings is 1. The van der Waals surface area contributed by atoms with Gasteiger partial charge in [0, 0.05) is 25.2 Å².